The van der Waals surface area contributed by atoms with Crippen LogP contribution >= 0.6 is 0 Å². The number of ether oxygens (including phenoxy) is 1. The van der Waals surface area contributed by atoms with Crippen LogP contribution in [0.15, 0.2) is 18.2 Å². The summed E-state index contributed by atoms with van der Waals surface area (Å²) in [7, 11) is 1.32. The molecule has 0 radical (unpaired) electrons. The van der Waals surface area contributed by atoms with Gasteiger partial charge >= 0.3 is 12.1 Å². The Balaban J connectivity index is 1.97. The molecule has 1 fully saturated rings. The van der Waals surface area contributed by atoms with Crippen LogP contribution in [0.4, 0.5) is 16.2 Å². The van der Waals surface area contributed by atoms with Crippen molar-refractivity contribution >= 4 is 23.4 Å². The minimum absolute atomic E-state index is 0.238. The Morgan fingerprint density at radius 2 is 2.29 bits per heavy atom. The highest BCUT2D eigenvalue weighted by atomic mass is 16.5. The quantitative estimate of drug-likeness (QED) is 0.573. The van der Waals surface area contributed by atoms with Crippen LogP contribution < -0.4 is 11.1 Å². The number of rotatable bonds is 4. The molecule has 1 aromatic rings. The topological polar surface area (TPSA) is 105 Å². The summed E-state index contributed by atoms with van der Waals surface area (Å²) in [5, 5.41) is 12.1. The minimum atomic E-state index is -0.885. The number of methoxy groups -OCH3 is 1. The van der Waals surface area contributed by atoms with Gasteiger partial charge in [0.25, 0.3) is 0 Å². The van der Waals surface area contributed by atoms with Gasteiger partial charge in [0.15, 0.2) is 0 Å². The van der Waals surface area contributed by atoms with Crippen molar-refractivity contribution in [2.75, 3.05) is 37.8 Å². The molecule has 1 heterocycles. The molecule has 1 saturated heterocycles. The molecule has 0 spiro atoms. The molecule has 4 N–H and O–H groups in total. The molecule has 2 rings (SSSR count). The van der Waals surface area contributed by atoms with Crippen LogP contribution in [-0.4, -0.2) is 48.8 Å². The third-order valence-electron chi connectivity index (χ3n) is 3.61. The number of likely N-dealkylation sites (tertiary alicyclic amines) is 1. The summed E-state index contributed by atoms with van der Waals surface area (Å²) in [5.41, 5.74) is 7.49. The minimum Gasteiger partial charge on any atom is -0.465 e. The summed E-state index contributed by atoms with van der Waals surface area (Å²) in [4.78, 5) is 23.8. The molecule has 114 valence electrons. The number of nitrogen functional groups attached to an aromatic ring is 1. The van der Waals surface area contributed by atoms with Gasteiger partial charge in [0.1, 0.15) is 0 Å². The first-order valence-electron chi connectivity index (χ1n) is 6.71. The van der Waals surface area contributed by atoms with Gasteiger partial charge in [-0.25, -0.2) is 9.59 Å². The lowest BCUT2D eigenvalue weighted by Gasteiger charge is -2.15. The molecule has 1 aliphatic heterocycles. The molecule has 1 aliphatic rings. The molecule has 0 aliphatic carbocycles. The highest BCUT2D eigenvalue weighted by Crippen LogP contribution is 2.23. The molecule has 1 atom stereocenters. The molecule has 21 heavy (non-hydrogen) atoms. The van der Waals surface area contributed by atoms with Gasteiger partial charge < -0.3 is 25.8 Å². The zero-order chi connectivity index (χ0) is 15.4. The van der Waals surface area contributed by atoms with Gasteiger partial charge in [-0.05, 0) is 30.5 Å². The smallest absolute Gasteiger partial charge is 0.407 e. The number of anilines is 2. The molecule has 0 saturated carbocycles. The van der Waals surface area contributed by atoms with E-state index in [1.807, 2.05) is 0 Å². The van der Waals surface area contributed by atoms with E-state index >= 15 is 0 Å². The van der Waals surface area contributed by atoms with Gasteiger partial charge in [0, 0.05) is 19.6 Å². The van der Waals surface area contributed by atoms with Crippen molar-refractivity contribution in [3.05, 3.63) is 23.8 Å². The predicted molar refractivity (Wildman–Crippen MR) is 78.4 cm³/mol. The van der Waals surface area contributed by atoms with E-state index in [0.29, 0.717) is 36.6 Å². The third kappa shape index (κ3) is 3.56. The number of hydrogen-bond donors (Lipinski definition) is 3. The van der Waals surface area contributed by atoms with Crippen molar-refractivity contribution < 1.29 is 19.4 Å². The second kappa shape index (κ2) is 6.34. The van der Waals surface area contributed by atoms with E-state index in [-0.39, 0.29) is 5.92 Å². The molecule has 0 bridgehead atoms. The summed E-state index contributed by atoms with van der Waals surface area (Å²) in [6.45, 7) is 1.68. The van der Waals surface area contributed by atoms with Crippen LogP contribution in [-0.2, 0) is 4.74 Å². The molecule has 1 aromatic carbocycles. The van der Waals surface area contributed by atoms with Gasteiger partial charge in [-0.15, -0.1) is 0 Å². The average Bonchev–Trinajstić information content (AvgIpc) is 2.94. The van der Waals surface area contributed by atoms with E-state index in [2.05, 4.69) is 10.1 Å². The molecule has 0 unspecified atom stereocenters. The second-order valence-corrected chi connectivity index (χ2v) is 5.06. The maximum absolute atomic E-state index is 11.5. The number of nitrogens with zero attached hydrogens (tertiary/aromatic N) is 1. The average molecular weight is 293 g/mol. The molecular formula is C14H19N3O4. The summed E-state index contributed by atoms with van der Waals surface area (Å²) >= 11 is 0. The van der Waals surface area contributed by atoms with Crippen molar-refractivity contribution in [1.82, 2.24) is 4.90 Å². The monoisotopic (exact) mass is 293 g/mol. The van der Waals surface area contributed by atoms with E-state index < -0.39 is 12.1 Å². The van der Waals surface area contributed by atoms with Crippen molar-refractivity contribution in [2.24, 2.45) is 5.92 Å². The molecule has 7 nitrogen and oxygen atoms in total. The largest absolute Gasteiger partial charge is 0.465 e. The van der Waals surface area contributed by atoms with Crippen molar-refractivity contribution in [3.8, 4) is 0 Å². The molecular weight excluding hydrogens is 274 g/mol. The summed E-state index contributed by atoms with van der Waals surface area (Å²) < 4.78 is 4.67. The lowest BCUT2D eigenvalue weighted by atomic mass is 10.1. The third-order valence-corrected chi connectivity index (χ3v) is 3.61. The van der Waals surface area contributed by atoms with Crippen LogP contribution in [0.25, 0.3) is 0 Å². The zero-order valence-corrected chi connectivity index (χ0v) is 11.8. The maximum atomic E-state index is 11.5. The highest BCUT2D eigenvalue weighted by molar-refractivity contribution is 5.91. The Morgan fingerprint density at radius 1 is 1.52 bits per heavy atom. The fraction of sp³-hybridized carbons (Fsp3) is 0.429. The fourth-order valence-electron chi connectivity index (χ4n) is 2.38. The lowest BCUT2D eigenvalue weighted by molar-refractivity contribution is 0.0600. The zero-order valence-electron chi connectivity index (χ0n) is 11.8. The van der Waals surface area contributed by atoms with Gasteiger partial charge in [-0.1, -0.05) is 0 Å². The number of nitrogens with one attached hydrogen (secondary N) is 1. The second-order valence-electron chi connectivity index (χ2n) is 5.06. The maximum Gasteiger partial charge on any atom is 0.407 e. The standard InChI is InChI=1S/C14H19N3O4/c1-21-13(18)10-2-3-11(15)12(6-10)16-7-9-4-5-17(8-9)14(19)20/h2-3,6,9,16H,4-5,7-8,15H2,1H3,(H,19,20)/t9-/m0/s1. The van der Waals surface area contributed by atoms with Crippen molar-refractivity contribution in [1.29, 1.82) is 0 Å². The summed E-state index contributed by atoms with van der Waals surface area (Å²) in [5.74, 6) is -0.182. The Bertz CT molecular complexity index is 547. The first-order valence-corrected chi connectivity index (χ1v) is 6.71. The van der Waals surface area contributed by atoms with Crippen LogP contribution in [0, 0.1) is 5.92 Å². The van der Waals surface area contributed by atoms with Crippen LogP contribution in [0.5, 0.6) is 0 Å². The fourth-order valence-corrected chi connectivity index (χ4v) is 2.38. The number of amides is 1. The number of hydrogen-bond acceptors (Lipinski definition) is 5. The Kier molecular flexibility index (Phi) is 4.52. The number of carbonyl (C=O) groups is 2. The first kappa shape index (κ1) is 15.0. The number of nitrogens with two attached hydrogens (primary N) is 1. The van der Waals surface area contributed by atoms with Gasteiger partial charge in [0.2, 0.25) is 0 Å². The van der Waals surface area contributed by atoms with Crippen LogP contribution in [0.1, 0.15) is 16.8 Å². The van der Waals surface area contributed by atoms with E-state index in [0.717, 1.165) is 6.42 Å². The number of esters is 1. The SMILES string of the molecule is COC(=O)c1ccc(N)c(NC[C@@H]2CCN(C(=O)O)C2)c1. The molecule has 1 amide bonds. The van der Waals surface area contributed by atoms with E-state index in [1.54, 1.807) is 18.2 Å². The van der Waals surface area contributed by atoms with Crippen LogP contribution in [0.2, 0.25) is 0 Å². The summed E-state index contributed by atoms with van der Waals surface area (Å²) in [6.07, 6.45) is -0.0692. The molecule has 0 aromatic heterocycles. The van der Waals surface area contributed by atoms with E-state index in [9.17, 15) is 9.59 Å². The number of benzene rings is 1. The number of carboxylic acid groups (broad SMARTS) is 1. The van der Waals surface area contributed by atoms with E-state index in [1.165, 1.54) is 12.0 Å². The van der Waals surface area contributed by atoms with Gasteiger partial charge in [0.05, 0.1) is 24.0 Å². The summed E-state index contributed by atoms with van der Waals surface area (Å²) in [6, 6.07) is 4.89. The van der Waals surface area contributed by atoms with Crippen molar-refractivity contribution in [3.63, 3.8) is 0 Å². The highest BCUT2D eigenvalue weighted by Gasteiger charge is 2.25. The Hall–Kier alpha value is -2.44. The molecule has 7 heteroatoms. The Morgan fingerprint density at radius 3 is 2.90 bits per heavy atom. The van der Waals surface area contributed by atoms with Crippen molar-refractivity contribution in [2.45, 2.75) is 6.42 Å². The first-order chi connectivity index (χ1) is 10.0. The van der Waals surface area contributed by atoms with Gasteiger partial charge in [-0.3, -0.25) is 0 Å². The lowest BCUT2D eigenvalue weighted by Crippen LogP contribution is -2.28. The predicted octanol–water partition coefficient (Wildman–Crippen LogP) is 1.47. The normalized spacial score (nSPS) is 17.6. The van der Waals surface area contributed by atoms with E-state index in [4.69, 9.17) is 10.8 Å². The number of carbonyl (C=O) groups excluding carboxylic acids is 1. The van der Waals surface area contributed by atoms with Gasteiger partial charge in [-0.2, -0.15) is 0 Å². The Labute approximate surface area is 122 Å². The van der Waals surface area contributed by atoms with Crippen LogP contribution in [0.3, 0.4) is 0 Å².